The molecule has 2 unspecified atom stereocenters. The summed E-state index contributed by atoms with van der Waals surface area (Å²) in [5.41, 5.74) is 3.69. The van der Waals surface area contributed by atoms with Crippen molar-refractivity contribution in [3.63, 3.8) is 0 Å². The molecule has 4 rings (SSSR count). The number of benzodiazepines with no additional fused rings is 1. The summed E-state index contributed by atoms with van der Waals surface area (Å²) in [5, 5.41) is 2.72. The first-order chi connectivity index (χ1) is 18.1. The van der Waals surface area contributed by atoms with Gasteiger partial charge in [0.05, 0.1) is 16.3 Å². The number of anilines is 1. The number of benzene rings is 3. The smallest absolute Gasteiger partial charge is 0.272 e. The lowest BCUT2D eigenvalue weighted by molar-refractivity contribution is -0.128. The molecule has 9 heteroatoms. The van der Waals surface area contributed by atoms with Crippen LogP contribution in [0.4, 0.5) is 5.69 Å². The van der Waals surface area contributed by atoms with Crippen molar-refractivity contribution in [1.29, 1.82) is 0 Å². The number of carbonyl (C=O) groups excluding carboxylic acids is 2. The zero-order chi connectivity index (χ0) is 27.4. The lowest BCUT2D eigenvalue weighted by Gasteiger charge is -2.24. The van der Waals surface area contributed by atoms with Crippen molar-refractivity contribution in [2.24, 2.45) is 10.9 Å². The molecule has 0 saturated carbocycles. The second-order valence-electron chi connectivity index (χ2n) is 9.79. The highest BCUT2D eigenvalue weighted by molar-refractivity contribution is 7.89. The number of carbonyl (C=O) groups is 2. The first-order valence-electron chi connectivity index (χ1n) is 12.5. The average Bonchev–Trinajstić information content (AvgIpc) is 2.99. The number of rotatable bonds is 8. The maximum Gasteiger partial charge on any atom is 0.272 e. The molecule has 0 aromatic heterocycles. The van der Waals surface area contributed by atoms with Crippen LogP contribution < -0.4 is 14.9 Å². The van der Waals surface area contributed by atoms with Crippen molar-refractivity contribution < 1.29 is 18.0 Å². The number of hydrogen-bond acceptors (Lipinski definition) is 5. The summed E-state index contributed by atoms with van der Waals surface area (Å²) >= 11 is 0. The van der Waals surface area contributed by atoms with Crippen LogP contribution in [-0.2, 0) is 19.6 Å². The van der Waals surface area contributed by atoms with E-state index in [1.165, 1.54) is 17.0 Å². The lowest BCUT2D eigenvalue weighted by atomic mass is 10.0. The normalized spacial score (nSPS) is 16.4. The number of aliphatic imine (C=N–C) groups is 1. The van der Waals surface area contributed by atoms with Gasteiger partial charge in [-0.2, -0.15) is 4.72 Å². The molecule has 0 fully saturated rings. The molecule has 1 aliphatic heterocycles. The van der Waals surface area contributed by atoms with Crippen LogP contribution in [0.3, 0.4) is 0 Å². The zero-order valence-corrected chi connectivity index (χ0v) is 22.7. The minimum Gasteiger partial charge on any atom is -0.325 e. The summed E-state index contributed by atoms with van der Waals surface area (Å²) < 4.78 is 28.7. The van der Waals surface area contributed by atoms with E-state index >= 15 is 0 Å². The van der Waals surface area contributed by atoms with Crippen LogP contribution in [0.5, 0.6) is 0 Å². The summed E-state index contributed by atoms with van der Waals surface area (Å²) in [6, 6.07) is 22.1. The van der Waals surface area contributed by atoms with Crippen molar-refractivity contribution in [3.8, 4) is 0 Å². The molecular weight excluding hydrogens is 500 g/mol. The number of amides is 2. The van der Waals surface area contributed by atoms with Crippen molar-refractivity contribution in [2.75, 3.05) is 11.9 Å². The van der Waals surface area contributed by atoms with Gasteiger partial charge in [-0.05, 0) is 37.5 Å². The molecule has 2 N–H and O–H groups in total. The lowest BCUT2D eigenvalue weighted by Crippen LogP contribution is -2.53. The SMILES string of the molecule is Cc1ccc(S(=O)(=O)NC(CC(C)C)C(=O)NC2N=C(c3ccccc3)c3ccccc3N(C)C2=O)cc1. The van der Waals surface area contributed by atoms with E-state index in [-0.39, 0.29) is 17.2 Å². The quantitative estimate of drug-likeness (QED) is 0.462. The molecule has 198 valence electrons. The van der Waals surface area contributed by atoms with E-state index < -0.39 is 34.0 Å². The summed E-state index contributed by atoms with van der Waals surface area (Å²) in [7, 11) is -2.34. The van der Waals surface area contributed by atoms with Gasteiger partial charge in [-0.1, -0.05) is 80.1 Å². The van der Waals surface area contributed by atoms with Crippen LogP contribution >= 0.6 is 0 Å². The Hall–Kier alpha value is -3.82. The fourth-order valence-corrected chi connectivity index (χ4v) is 5.54. The van der Waals surface area contributed by atoms with Crippen LogP contribution in [0.2, 0.25) is 0 Å². The molecule has 0 spiro atoms. The van der Waals surface area contributed by atoms with Gasteiger partial charge in [0.25, 0.3) is 5.91 Å². The Morgan fingerprint density at radius 1 is 0.974 bits per heavy atom. The van der Waals surface area contributed by atoms with Gasteiger partial charge in [0.1, 0.15) is 6.04 Å². The van der Waals surface area contributed by atoms with Crippen LogP contribution in [0, 0.1) is 12.8 Å². The topological polar surface area (TPSA) is 108 Å². The Bertz CT molecular complexity index is 1450. The molecule has 0 bridgehead atoms. The predicted molar refractivity (Wildman–Crippen MR) is 149 cm³/mol. The van der Waals surface area contributed by atoms with E-state index in [4.69, 9.17) is 4.99 Å². The number of para-hydroxylation sites is 1. The highest BCUT2D eigenvalue weighted by Crippen LogP contribution is 2.27. The second kappa shape index (κ2) is 11.3. The Morgan fingerprint density at radius 2 is 1.61 bits per heavy atom. The maximum atomic E-state index is 13.5. The van der Waals surface area contributed by atoms with Gasteiger partial charge >= 0.3 is 0 Å². The molecule has 2 atom stereocenters. The van der Waals surface area contributed by atoms with Crippen molar-refractivity contribution in [3.05, 3.63) is 95.6 Å². The van der Waals surface area contributed by atoms with Crippen LogP contribution in [-0.4, -0.2) is 45.2 Å². The third-order valence-electron chi connectivity index (χ3n) is 6.32. The summed E-state index contributed by atoms with van der Waals surface area (Å²) in [5.74, 6) is -1.05. The summed E-state index contributed by atoms with van der Waals surface area (Å²) in [6.45, 7) is 5.66. The van der Waals surface area contributed by atoms with E-state index in [1.54, 1.807) is 19.2 Å². The minimum atomic E-state index is -3.98. The fourth-order valence-electron chi connectivity index (χ4n) is 4.33. The Labute approximate surface area is 223 Å². The van der Waals surface area contributed by atoms with Crippen LogP contribution in [0.1, 0.15) is 37.0 Å². The molecular formula is C29H32N4O4S. The number of nitrogens with zero attached hydrogens (tertiary/aromatic N) is 2. The Morgan fingerprint density at radius 3 is 2.26 bits per heavy atom. The molecule has 0 saturated heterocycles. The average molecular weight is 533 g/mol. The zero-order valence-electron chi connectivity index (χ0n) is 21.9. The van der Waals surface area contributed by atoms with Gasteiger partial charge in [-0.15, -0.1) is 0 Å². The number of hydrogen-bond donors (Lipinski definition) is 2. The summed E-state index contributed by atoms with van der Waals surface area (Å²) in [4.78, 5) is 33.2. The van der Waals surface area contributed by atoms with Gasteiger partial charge < -0.3 is 10.2 Å². The minimum absolute atomic E-state index is 0.00612. The molecule has 1 aliphatic rings. The van der Waals surface area contributed by atoms with Gasteiger partial charge in [0.2, 0.25) is 22.1 Å². The van der Waals surface area contributed by atoms with E-state index in [2.05, 4.69) is 10.0 Å². The number of nitrogens with one attached hydrogen (secondary N) is 2. The molecule has 1 heterocycles. The summed E-state index contributed by atoms with van der Waals surface area (Å²) in [6.07, 6.45) is -1.00. The molecule has 2 amide bonds. The fraction of sp³-hybridized carbons (Fsp3) is 0.276. The number of likely N-dealkylation sites (N-methyl/N-ethyl adjacent to an activating group) is 1. The van der Waals surface area contributed by atoms with E-state index in [1.807, 2.05) is 75.4 Å². The number of fused-ring (bicyclic) bond motifs is 1. The van der Waals surface area contributed by atoms with Gasteiger partial charge in [0.15, 0.2) is 0 Å². The molecule has 38 heavy (non-hydrogen) atoms. The van der Waals surface area contributed by atoms with Gasteiger partial charge in [-0.3, -0.25) is 9.59 Å². The standard InChI is InChI=1S/C29H32N4O4S/c1-19(2)18-24(32-38(36,37)22-16-14-20(3)15-17-22)28(34)31-27-29(35)33(4)25-13-9-8-12-23(25)26(30-27)21-10-6-5-7-11-21/h5-17,19,24,27,32H,18H2,1-4H3,(H,31,34). The number of sulfonamides is 1. The van der Waals surface area contributed by atoms with E-state index in [0.29, 0.717) is 11.4 Å². The molecule has 0 radical (unpaired) electrons. The van der Waals surface area contributed by atoms with Crippen LogP contribution in [0.15, 0.2) is 88.8 Å². The van der Waals surface area contributed by atoms with Gasteiger partial charge in [0, 0.05) is 18.2 Å². The molecule has 0 aliphatic carbocycles. The van der Waals surface area contributed by atoms with Crippen LogP contribution in [0.25, 0.3) is 0 Å². The Balaban J connectivity index is 1.67. The van der Waals surface area contributed by atoms with E-state index in [0.717, 1.165) is 16.7 Å². The third-order valence-corrected chi connectivity index (χ3v) is 7.81. The molecule has 3 aromatic rings. The second-order valence-corrected chi connectivity index (χ2v) is 11.5. The molecule has 3 aromatic carbocycles. The highest BCUT2D eigenvalue weighted by Gasteiger charge is 2.34. The van der Waals surface area contributed by atoms with Gasteiger partial charge in [-0.25, -0.2) is 13.4 Å². The molecule has 8 nitrogen and oxygen atoms in total. The number of aryl methyl sites for hydroxylation is 1. The maximum absolute atomic E-state index is 13.5. The monoisotopic (exact) mass is 532 g/mol. The predicted octanol–water partition coefficient (Wildman–Crippen LogP) is 3.64. The van der Waals surface area contributed by atoms with E-state index in [9.17, 15) is 18.0 Å². The van der Waals surface area contributed by atoms with Crippen molar-refractivity contribution >= 4 is 33.2 Å². The van der Waals surface area contributed by atoms with Crippen molar-refractivity contribution in [2.45, 2.75) is 44.3 Å². The highest BCUT2D eigenvalue weighted by atomic mass is 32.2. The largest absolute Gasteiger partial charge is 0.325 e. The van der Waals surface area contributed by atoms with Crippen molar-refractivity contribution in [1.82, 2.24) is 10.0 Å². The first kappa shape index (κ1) is 27.2. The first-order valence-corrected chi connectivity index (χ1v) is 13.9. The Kier molecular flexibility index (Phi) is 8.08. The third kappa shape index (κ3) is 6.00.